The maximum absolute atomic E-state index is 12.9. The zero-order valence-corrected chi connectivity index (χ0v) is 19.5. The smallest absolute Gasteiger partial charge is 0.253 e. The molecule has 0 aliphatic carbocycles. The van der Waals surface area contributed by atoms with Crippen LogP contribution in [0.25, 0.3) is 0 Å². The van der Waals surface area contributed by atoms with Gasteiger partial charge in [-0.1, -0.05) is 24.3 Å². The van der Waals surface area contributed by atoms with E-state index >= 15 is 0 Å². The molecule has 1 amide bonds. The summed E-state index contributed by atoms with van der Waals surface area (Å²) in [5.74, 6) is 0.0281. The largest absolute Gasteiger partial charge is 0.369 e. The molecule has 4 rings (SSSR count). The van der Waals surface area contributed by atoms with Gasteiger partial charge >= 0.3 is 0 Å². The summed E-state index contributed by atoms with van der Waals surface area (Å²) < 4.78 is 2.23. The normalized spacial score (nSPS) is 15.8. The first-order chi connectivity index (χ1) is 15.0. The van der Waals surface area contributed by atoms with Gasteiger partial charge in [-0.25, -0.2) is 0 Å². The molecule has 1 saturated heterocycles. The van der Waals surface area contributed by atoms with Crippen LogP contribution in [-0.4, -0.2) is 54.1 Å². The number of para-hydroxylation sites is 1. The Balaban J connectivity index is 1.30. The number of carbonyl (C=O) groups is 1. The SMILES string of the molecule is Cc1cc(C(=O)NCC(C)N2CCN(c3ccccc3)CC2)c(C)n1Cc1cccs1. The number of anilines is 1. The third kappa shape index (κ3) is 5.02. The number of rotatable bonds is 7. The molecule has 0 bridgehead atoms. The number of hydrogen-bond donors (Lipinski definition) is 1. The molecular weight excluding hydrogens is 404 g/mol. The average Bonchev–Trinajstić information content (AvgIpc) is 3.42. The van der Waals surface area contributed by atoms with Gasteiger partial charge in [-0.15, -0.1) is 11.3 Å². The van der Waals surface area contributed by atoms with Crippen molar-refractivity contribution in [1.29, 1.82) is 0 Å². The van der Waals surface area contributed by atoms with E-state index in [0.29, 0.717) is 12.6 Å². The van der Waals surface area contributed by atoms with Crippen LogP contribution in [0.15, 0.2) is 53.9 Å². The second kappa shape index (κ2) is 9.71. The van der Waals surface area contributed by atoms with E-state index in [9.17, 15) is 4.79 Å². The number of carbonyl (C=O) groups excluding carboxylic acids is 1. The molecule has 1 N–H and O–H groups in total. The predicted octanol–water partition coefficient (Wildman–Crippen LogP) is 4.16. The van der Waals surface area contributed by atoms with E-state index in [1.165, 1.54) is 10.6 Å². The molecule has 5 nitrogen and oxygen atoms in total. The van der Waals surface area contributed by atoms with Crippen molar-refractivity contribution in [3.8, 4) is 0 Å². The topological polar surface area (TPSA) is 40.5 Å². The Morgan fingerprint density at radius 1 is 1.06 bits per heavy atom. The number of thiophene rings is 1. The van der Waals surface area contributed by atoms with Crippen LogP contribution in [0.4, 0.5) is 5.69 Å². The van der Waals surface area contributed by atoms with Crippen LogP contribution in [0.5, 0.6) is 0 Å². The molecule has 0 saturated carbocycles. The number of amides is 1. The monoisotopic (exact) mass is 436 g/mol. The quantitative estimate of drug-likeness (QED) is 0.605. The predicted molar refractivity (Wildman–Crippen MR) is 129 cm³/mol. The van der Waals surface area contributed by atoms with Gasteiger partial charge in [0.15, 0.2) is 0 Å². The number of nitrogens with zero attached hydrogens (tertiary/aromatic N) is 3. The number of benzene rings is 1. The molecule has 1 aromatic carbocycles. The van der Waals surface area contributed by atoms with E-state index in [0.717, 1.165) is 49.7 Å². The van der Waals surface area contributed by atoms with E-state index in [1.807, 2.05) is 13.0 Å². The third-order valence-electron chi connectivity index (χ3n) is 6.33. The summed E-state index contributed by atoms with van der Waals surface area (Å²) in [5.41, 5.74) is 4.24. The number of nitrogens with one attached hydrogen (secondary N) is 1. The molecule has 31 heavy (non-hydrogen) atoms. The number of aryl methyl sites for hydroxylation is 1. The fourth-order valence-electron chi connectivity index (χ4n) is 4.36. The van der Waals surface area contributed by atoms with Crippen LogP contribution in [0.1, 0.15) is 33.5 Å². The van der Waals surface area contributed by atoms with Gasteiger partial charge < -0.3 is 14.8 Å². The molecule has 1 atom stereocenters. The Labute approximate surface area is 189 Å². The summed E-state index contributed by atoms with van der Waals surface area (Å²) in [6, 6.07) is 17.1. The summed E-state index contributed by atoms with van der Waals surface area (Å²) in [4.78, 5) is 19.1. The van der Waals surface area contributed by atoms with E-state index in [1.54, 1.807) is 11.3 Å². The molecule has 3 heterocycles. The van der Waals surface area contributed by atoms with Gasteiger partial charge in [-0.05, 0) is 50.4 Å². The maximum Gasteiger partial charge on any atom is 0.253 e. The van der Waals surface area contributed by atoms with E-state index in [-0.39, 0.29) is 5.91 Å². The van der Waals surface area contributed by atoms with E-state index in [2.05, 4.69) is 81.4 Å². The fraction of sp³-hybridized carbons (Fsp3) is 0.400. The molecule has 0 radical (unpaired) electrons. The Bertz CT molecular complexity index is 988. The maximum atomic E-state index is 12.9. The van der Waals surface area contributed by atoms with Gasteiger partial charge in [0, 0.05) is 60.7 Å². The second-order valence-electron chi connectivity index (χ2n) is 8.37. The molecular formula is C25H32N4OS. The van der Waals surface area contributed by atoms with Crippen molar-refractivity contribution < 1.29 is 4.79 Å². The standard InChI is InChI=1S/C25H32N4OS/c1-19-16-24(21(3)29(19)18-23-10-7-15-31-23)25(30)26-17-20(2)27-11-13-28(14-12-27)22-8-5-4-6-9-22/h4-10,15-16,20H,11-14,17-18H2,1-3H3,(H,26,30). The lowest BCUT2D eigenvalue weighted by molar-refractivity contribution is 0.0933. The van der Waals surface area contributed by atoms with Crippen LogP contribution in [0.2, 0.25) is 0 Å². The molecule has 0 spiro atoms. The molecule has 1 aliphatic heterocycles. The summed E-state index contributed by atoms with van der Waals surface area (Å²) in [7, 11) is 0. The Morgan fingerprint density at radius 2 is 1.81 bits per heavy atom. The van der Waals surface area contributed by atoms with E-state index < -0.39 is 0 Å². The highest BCUT2D eigenvalue weighted by atomic mass is 32.1. The highest BCUT2D eigenvalue weighted by molar-refractivity contribution is 7.09. The van der Waals surface area contributed by atoms with Crippen molar-refractivity contribution >= 4 is 22.9 Å². The molecule has 1 aliphatic rings. The van der Waals surface area contributed by atoms with Crippen LogP contribution in [0, 0.1) is 13.8 Å². The second-order valence-corrected chi connectivity index (χ2v) is 9.40. The average molecular weight is 437 g/mol. The minimum absolute atomic E-state index is 0.0281. The lowest BCUT2D eigenvalue weighted by Gasteiger charge is -2.39. The van der Waals surface area contributed by atoms with Crippen molar-refractivity contribution in [3.05, 3.63) is 75.7 Å². The molecule has 1 unspecified atom stereocenters. The van der Waals surface area contributed by atoms with Crippen LogP contribution in [-0.2, 0) is 6.54 Å². The minimum Gasteiger partial charge on any atom is -0.369 e. The summed E-state index contributed by atoms with van der Waals surface area (Å²) in [6.07, 6.45) is 0. The molecule has 164 valence electrons. The highest BCUT2D eigenvalue weighted by Gasteiger charge is 2.22. The lowest BCUT2D eigenvalue weighted by atomic mass is 10.2. The van der Waals surface area contributed by atoms with Gasteiger partial charge in [0.25, 0.3) is 5.91 Å². The first kappa shape index (κ1) is 21.7. The van der Waals surface area contributed by atoms with Crippen molar-refractivity contribution in [2.24, 2.45) is 0 Å². The zero-order chi connectivity index (χ0) is 21.8. The number of piperazine rings is 1. The zero-order valence-electron chi connectivity index (χ0n) is 18.7. The first-order valence-electron chi connectivity index (χ1n) is 11.0. The Kier molecular flexibility index (Phi) is 6.78. The minimum atomic E-state index is 0.0281. The van der Waals surface area contributed by atoms with Crippen LogP contribution >= 0.6 is 11.3 Å². The fourth-order valence-corrected chi connectivity index (χ4v) is 5.05. The van der Waals surface area contributed by atoms with Gasteiger partial charge in [0.1, 0.15) is 0 Å². The van der Waals surface area contributed by atoms with Gasteiger partial charge in [-0.3, -0.25) is 9.69 Å². The third-order valence-corrected chi connectivity index (χ3v) is 7.19. The van der Waals surface area contributed by atoms with Gasteiger partial charge in [0.2, 0.25) is 0 Å². The van der Waals surface area contributed by atoms with Gasteiger partial charge in [-0.2, -0.15) is 0 Å². The van der Waals surface area contributed by atoms with E-state index in [4.69, 9.17) is 0 Å². The lowest BCUT2D eigenvalue weighted by Crippen LogP contribution is -2.52. The van der Waals surface area contributed by atoms with Crippen LogP contribution in [0.3, 0.4) is 0 Å². The Hall–Kier alpha value is -2.57. The van der Waals surface area contributed by atoms with Gasteiger partial charge in [0.05, 0.1) is 12.1 Å². The van der Waals surface area contributed by atoms with Crippen LogP contribution < -0.4 is 10.2 Å². The molecule has 1 fully saturated rings. The molecule has 6 heteroatoms. The van der Waals surface area contributed by atoms with Crippen molar-refractivity contribution in [3.63, 3.8) is 0 Å². The molecule has 3 aromatic rings. The Morgan fingerprint density at radius 3 is 2.48 bits per heavy atom. The first-order valence-corrected chi connectivity index (χ1v) is 11.9. The van der Waals surface area contributed by atoms with Crippen molar-refractivity contribution in [2.75, 3.05) is 37.6 Å². The van der Waals surface area contributed by atoms with Crippen molar-refractivity contribution in [1.82, 2.24) is 14.8 Å². The number of aromatic nitrogens is 1. The van der Waals surface area contributed by atoms with Crippen molar-refractivity contribution in [2.45, 2.75) is 33.4 Å². The summed E-state index contributed by atoms with van der Waals surface area (Å²) in [6.45, 7) is 11.9. The summed E-state index contributed by atoms with van der Waals surface area (Å²) in [5, 5.41) is 5.27. The summed E-state index contributed by atoms with van der Waals surface area (Å²) >= 11 is 1.75. The number of hydrogen-bond acceptors (Lipinski definition) is 4. The highest BCUT2D eigenvalue weighted by Crippen LogP contribution is 2.20. The molecule has 2 aromatic heterocycles.